The van der Waals surface area contributed by atoms with Crippen LogP contribution in [0.4, 0.5) is 4.79 Å². The number of carbonyl (C=O) groups is 1. The molecule has 1 aromatic rings. The van der Waals surface area contributed by atoms with Crippen LogP contribution in [-0.2, 0) is 6.42 Å². The molecule has 0 saturated heterocycles. The predicted octanol–water partition coefficient (Wildman–Crippen LogP) is 2.00. The van der Waals surface area contributed by atoms with E-state index in [2.05, 4.69) is 48.7 Å². The Labute approximate surface area is 115 Å². The number of carbonyl (C=O) groups excluding carboxylic acids is 1. The predicted molar refractivity (Wildman–Crippen MR) is 77.2 cm³/mol. The largest absolute Gasteiger partial charge is 0.396 e. The molecule has 0 aromatic heterocycles. The third-order valence-corrected chi connectivity index (χ3v) is 3.05. The fourth-order valence-electron chi connectivity index (χ4n) is 1.82. The number of benzene rings is 1. The molecule has 4 heteroatoms. The Hall–Kier alpha value is -1.55. The molecule has 4 nitrogen and oxygen atoms in total. The average molecular weight is 264 g/mol. The van der Waals surface area contributed by atoms with E-state index in [1.165, 1.54) is 11.1 Å². The summed E-state index contributed by atoms with van der Waals surface area (Å²) < 4.78 is 0. The van der Waals surface area contributed by atoms with Gasteiger partial charge in [0, 0.05) is 19.2 Å². The smallest absolute Gasteiger partial charge is 0.315 e. The van der Waals surface area contributed by atoms with Crippen molar-refractivity contribution >= 4 is 6.03 Å². The zero-order valence-corrected chi connectivity index (χ0v) is 11.8. The summed E-state index contributed by atoms with van der Waals surface area (Å²) in [5.74, 6) is 0. The standard InChI is InChI=1S/C15H24N2O2/c1-3-14(17-15(19)16-9-4-10-18)11-13-7-5-12(2)6-8-13/h5-8,14,18H,3-4,9-11H2,1-2H3,(H2,16,17,19). The van der Waals surface area contributed by atoms with E-state index in [4.69, 9.17) is 5.11 Å². The number of aliphatic hydroxyl groups excluding tert-OH is 1. The number of hydrogen-bond donors (Lipinski definition) is 3. The summed E-state index contributed by atoms with van der Waals surface area (Å²) in [6.07, 6.45) is 2.31. The first-order valence-corrected chi connectivity index (χ1v) is 6.86. The minimum Gasteiger partial charge on any atom is -0.396 e. The summed E-state index contributed by atoms with van der Waals surface area (Å²) in [7, 11) is 0. The second-order valence-electron chi connectivity index (χ2n) is 4.77. The molecule has 1 unspecified atom stereocenters. The van der Waals surface area contributed by atoms with Gasteiger partial charge in [0.05, 0.1) is 0 Å². The Morgan fingerprint density at radius 3 is 2.58 bits per heavy atom. The molecule has 0 heterocycles. The number of urea groups is 1. The van der Waals surface area contributed by atoms with Gasteiger partial charge in [-0.25, -0.2) is 4.79 Å². The van der Waals surface area contributed by atoms with Gasteiger partial charge in [-0.1, -0.05) is 36.8 Å². The number of hydrogen-bond acceptors (Lipinski definition) is 2. The minimum absolute atomic E-state index is 0.0981. The Balaban J connectivity index is 2.40. The topological polar surface area (TPSA) is 61.4 Å². The first-order chi connectivity index (χ1) is 9.15. The summed E-state index contributed by atoms with van der Waals surface area (Å²) in [5, 5.41) is 14.3. The summed E-state index contributed by atoms with van der Waals surface area (Å²) in [4.78, 5) is 11.6. The van der Waals surface area contributed by atoms with Crippen LogP contribution < -0.4 is 10.6 Å². The van der Waals surface area contributed by atoms with Crippen molar-refractivity contribution in [3.63, 3.8) is 0 Å². The zero-order chi connectivity index (χ0) is 14.1. The van der Waals surface area contributed by atoms with Crippen LogP contribution >= 0.6 is 0 Å². The normalized spacial score (nSPS) is 11.9. The first-order valence-electron chi connectivity index (χ1n) is 6.86. The fourth-order valence-corrected chi connectivity index (χ4v) is 1.82. The molecular formula is C15H24N2O2. The van der Waals surface area contributed by atoms with E-state index < -0.39 is 0 Å². The summed E-state index contributed by atoms with van der Waals surface area (Å²) >= 11 is 0. The van der Waals surface area contributed by atoms with Crippen LogP contribution in [0.25, 0.3) is 0 Å². The number of aliphatic hydroxyl groups is 1. The molecule has 0 saturated carbocycles. The van der Waals surface area contributed by atoms with Crippen LogP contribution in [0.1, 0.15) is 30.9 Å². The molecule has 2 amide bonds. The summed E-state index contributed by atoms with van der Waals surface area (Å²) in [6.45, 7) is 4.73. The Bertz CT molecular complexity index is 376. The van der Waals surface area contributed by atoms with Crippen molar-refractivity contribution in [3.8, 4) is 0 Å². The summed E-state index contributed by atoms with van der Waals surface area (Å²) in [6, 6.07) is 8.35. The molecule has 0 aliphatic rings. The van der Waals surface area contributed by atoms with Crippen LogP contribution in [0.2, 0.25) is 0 Å². The van der Waals surface area contributed by atoms with Crippen molar-refractivity contribution < 1.29 is 9.90 Å². The number of nitrogens with one attached hydrogen (secondary N) is 2. The lowest BCUT2D eigenvalue weighted by Gasteiger charge is -2.17. The highest BCUT2D eigenvalue weighted by Gasteiger charge is 2.10. The van der Waals surface area contributed by atoms with Gasteiger partial charge in [0.15, 0.2) is 0 Å². The average Bonchev–Trinajstić information content (AvgIpc) is 2.41. The number of aryl methyl sites for hydroxylation is 1. The maximum absolute atomic E-state index is 11.6. The Morgan fingerprint density at radius 1 is 1.32 bits per heavy atom. The van der Waals surface area contributed by atoms with E-state index >= 15 is 0 Å². The molecule has 106 valence electrons. The van der Waals surface area contributed by atoms with Gasteiger partial charge in [-0.15, -0.1) is 0 Å². The van der Waals surface area contributed by atoms with Gasteiger partial charge in [-0.2, -0.15) is 0 Å². The third kappa shape index (κ3) is 6.25. The molecule has 19 heavy (non-hydrogen) atoms. The number of rotatable bonds is 7. The molecule has 0 bridgehead atoms. The Kier molecular flexibility index (Phi) is 6.97. The van der Waals surface area contributed by atoms with E-state index in [0.29, 0.717) is 13.0 Å². The molecule has 3 N–H and O–H groups in total. The first kappa shape index (κ1) is 15.5. The van der Waals surface area contributed by atoms with Gasteiger partial charge in [-0.05, 0) is 31.7 Å². The van der Waals surface area contributed by atoms with Crippen molar-refractivity contribution in [1.82, 2.24) is 10.6 Å². The van der Waals surface area contributed by atoms with E-state index in [9.17, 15) is 4.79 Å². The van der Waals surface area contributed by atoms with Crippen molar-refractivity contribution in [1.29, 1.82) is 0 Å². The summed E-state index contributed by atoms with van der Waals surface area (Å²) in [5.41, 5.74) is 2.47. The molecule has 1 rings (SSSR count). The quantitative estimate of drug-likeness (QED) is 0.660. The SMILES string of the molecule is CCC(Cc1ccc(C)cc1)NC(=O)NCCCO. The van der Waals surface area contributed by atoms with Gasteiger partial charge in [-0.3, -0.25) is 0 Å². The second-order valence-corrected chi connectivity index (χ2v) is 4.77. The molecule has 0 spiro atoms. The monoisotopic (exact) mass is 264 g/mol. The van der Waals surface area contributed by atoms with Crippen LogP contribution in [0.15, 0.2) is 24.3 Å². The second kappa shape index (κ2) is 8.53. The number of amides is 2. The lowest BCUT2D eigenvalue weighted by atomic mass is 10.0. The van der Waals surface area contributed by atoms with Gasteiger partial charge in [0.25, 0.3) is 0 Å². The van der Waals surface area contributed by atoms with E-state index in [1.807, 2.05) is 0 Å². The van der Waals surface area contributed by atoms with Crippen molar-refractivity contribution in [2.24, 2.45) is 0 Å². The van der Waals surface area contributed by atoms with E-state index in [-0.39, 0.29) is 18.7 Å². The maximum atomic E-state index is 11.6. The third-order valence-electron chi connectivity index (χ3n) is 3.05. The van der Waals surface area contributed by atoms with Gasteiger partial charge in [0.2, 0.25) is 0 Å². The van der Waals surface area contributed by atoms with Crippen molar-refractivity contribution in [3.05, 3.63) is 35.4 Å². The van der Waals surface area contributed by atoms with E-state index in [0.717, 1.165) is 12.8 Å². The van der Waals surface area contributed by atoms with Crippen molar-refractivity contribution in [2.45, 2.75) is 39.2 Å². The molecule has 1 atom stereocenters. The highest BCUT2D eigenvalue weighted by atomic mass is 16.3. The van der Waals surface area contributed by atoms with Crippen molar-refractivity contribution in [2.75, 3.05) is 13.2 Å². The van der Waals surface area contributed by atoms with Crippen LogP contribution in [0, 0.1) is 6.92 Å². The molecule has 0 fully saturated rings. The van der Waals surface area contributed by atoms with Crippen LogP contribution in [0.5, 0.6) is 0 Å². The molecular weight excluding hydrogens is 240 g/mol. The van der Waals surface area contributed by atoms with Gasteiger partial charge in [0.1, 0.15) is 0 Å². The highest BCUT2D eigenvalue weighted by molar-refractivity contribution is 5.74. The highest BCUT2D eigenvalue weighted by Crippen LogP contribution is 2.07. The van der Waals surface area contributed by atoms with Gasteiger partial charge >= 0.3 is 6.03 Å². The lowest BCUT2D eigenvalue weighted by Crippen LogP contribution is -2.43. The maximum Gasteiger partial charge on any atom is 0.315 e. The molecule has 0 radical (unpaired) electrons. The zero-order valence-electron chi connectivity index (χ0n) is 11.8. The minimum atomic E-state index is -0.160. The molecule has 0 aliphatic heterocycles. The molecule has 1 aromatic carbocycles. The van der Waals surface area contributed by atoms with Crippen LogP contribution in [-0.4, -0.2) is 30.3 Å². The Morgan fingerprint density at radius 2 is 2.00 bits per heavy atom. The van der Waals surface area contributed by atoms with Gasteiger partial charge < -0.3 is 15.7 Å². The lowest BCUT2D eigenvalue weighted by molar-refractivity contribution is 0.234. The van der Waals surface area contributed by atoms with Crippen LogP contribution in [0.3, 0.4) is 0 Å². The molecule has 0 aliphatic carbocycles. The van der Waals surface area contributed by atoms with E-state index in [1.54, 1.807) is 0 Å². The fraction of sp³-hybridized carbons (Fsp3) is 0.533.